The van der Waals surface area contributed by atoms with Crippen LogP contribution in [-0.4, -0.2) is 17.0 Å². The summed E-state index contributed by atoms with van der Waals surface area (Å²) in [4.78, 5) is 22.7. The first-order valence-corrected chi connectivity index (χ1v) is 6.68. The molecule has 92 valence electrons. The zero-order valence-electron chi connectivity index (χ0n) is 9.01. The summed E-state index contributed by atoms with van der Waals surface area (Å²) in [5.41, 5.74) is 1.12. The Balaban J connectivity index is 2.22. The number of halogens is 1. The first-order valence-electron chi connectivity index (χ1n) is 4.94. The number of hydrogen-bond donors (Lipinski definition) is 2. The van der Waals surface area contributed by atoms with Crippen molar-refractivity contribution in [2.75, 3.05) is 5.32 Å². The summed E-state index contributed by atoms with van der Waals surface area (Å²) >= 11 is 4.57. The fourth-order valence-corrected chi connectivity index (χ4v) is 2.42. The van der Waals surface area contributed by atoms with Gasteiger partial charge in [-0.15, -0.1) is 0 Å². The van der Waals surface area contributed by atoms with E-state index in [0.29, 0.717) is 15.7 Å². The summed E-state index contributed by atoms with van der Waals surface area (Å²) in [5.74, 6) is -1.30. The van der Waals surface area contributed by atoms with Crippen molar-refractivity contribution in [2.45, 2.75) is 0 Å². The fourth-order valence-electron chi connectivity index (χ4n) is 1.36. The number of amides is 1. The molecule has 18 heavy (non-hydrogen) atoms. The largest absolute Gasteiger partial charge is 0.478 e. The molecule has 0 atom stereocenters. The van der Waals surface area contributed by atoms with Crippen LogP contribution in [0.1, 0.15) is 20.7 Å². The Morgan fingerprint density at radius 2 is 2.06 bits per heavy atom. The van der Waals surface area contributed by atoms with Crippen LogP contribution in [-0.2, 0) is 0 Å². The average Bonchev–Trinajstić information content (AvgIpc) is 2.85. The molecule has 0 aliphatic heterocycles. The lowest BCUT2D eigenvalue weighted by Gasteiger charge is -2.06. The molecule has 0 bridgehead atoms. The number of hydrogen-bond acceptors (Lipinski definition) is 3. The molecule has 0 saturated carbocycles. The third-order valence-corrected chi connectivity index (χ3v) is 3.61. The molecule has 0 spiro atoms. The van der Waals surface area contributed by atoms with Gasteiger partial charge in [-0.2, -0.15) is 11.3 Å². The van der Waals surface area contributed by atoms with Crippen molar-refractivity contribution in [3.63, 3.8) is 0 Å². The standard InChI is InChI=1S/C12H8BrNO3S/c13-10-2-1-8(5-9(10)12(16)17)14-11(15)7-3-4-18-6-7/h1-6H,(H,14,15)(H,16,17). The Morgan fingerprint density at radius 3 is 2.67 bits per heavy atom. The molecule has 1 heterocycles. The molecule has 1 aromatic heterocycles. The minimum Gasteiger partial charge on any atom is -0.478 e. The summed E-state index contributed by atoms with van der Waals surface area (Å²) in [5, 5.41) is 15.2. The van der Waals surface area contributed by atoms with Gasteiger partial charge in [-0.25, -0.2) is 4.79 Å². The van der Waals surface area contributed by atoms with E-state index >= 15 is 0 Å². The van der Waals surface area contributed by atoms with E-state index in [1.165, 1.54) is 17.4 Å². The molecule has 2 rings (SSSR count). The summed E-state index contributed by atoms with van der Waals surface area (Å²) in [6, 6.07) is 6.35. The molecule has 6 heteroatoms. The van der Waals surface area contributed by atoms with Crippen LogP contribution >= 0.6 is 27.3 Å². The number of aromatic carboxylic acids is 1. The van der Waals surface area contributed by atoms with Gasteiger partial charge >= 0.3 is 5.97 Å². The van der Waals surface area contributed by atoms with Gasteiger partial charge in [0.15, 0.2) is 0 Å². The SMILES string of the molecule is O=C(Nc1ccc(Br)c(C(=O)O)c1)c1ccsc1. The molecular weight excluding hydrogens is 318 g/mol. The molecule has 0 fully saturated rings. The first kappa shape index (κ1) is 12.8. The van der Waals surface area contributed by atoms with Crippen LogP contribution in [0.15, 0.2) is 39.5 Å². The van der Waals surface area contributed by atoms with Crippen molar-refractivity contribution in [1.82, 2.24) is 0 Å². The quantitative estimate of drug-likeness (QED) is 0.908. The second-order valence-electron chi connectivity index (χ2n) is 3.47. The van der Waals surface area contributed by atoms with Crippen molar-refractivity contribution in [3.8, 4) is 0 Å². The van der Waals surface area contributed by atoms with Crippen LogP contribution in [0.3, 0.4) is 0 Å². The second-order valence-corrected chi connectivity index (χ2v) is 5.10. The van der Waals surface area contributed by atoms with E-state index in [1.54, 1.807) is 29.0 Å². The molecule has 4 nitrogen and oxygen atoms in total. The van der Waals surface area contributed by atoms with Gasteiger partial charge in [0.1, 0.15) is 0 Å². The Labute approximate surface area is 115 Å². The van der Waals surface area contributed by atoms with E-state index in [-0.39, 0.29) is 11.5 Å². The summed E-state index contributed by atoms with van der Waals surface area (Å²) in [6.45, 7) is 0. The van der Waals surface area contributed by atoms with Crippen LogP contribution in [0, 0.1) is 0 Å². The summed E-state index contributed by atoms with van der Waals surface area (Å²) in [7, 11) is 0. The number of thiophene rings is 1. The Morgan fingerprint density at radius 1 is 1.28 bits per heavy atom. The smallest absolute Gasteiger partial charge is 0.336 e. The van der Waals surface area contributed by atoms with Crippen molar-refractivity contribution in [3.05, 3.63) is 50.6 Å². The third kappa shape index (κ3) is 2.77. The molecule has 0 radical (unpaired) electrons. The summed E-state index contributed by atoms with van der Waals surface area (Å²) < 4.78 is 0.475. The van der Waals surface area contributed by atoms with E-state index < -0.39 is 5.97 Å². The van der Waals surface area contributed by atoms with Gasteiger partial charge in [-0.1, -0.05) is 0 Å². The molecule has 0 aliphatic rings. The number of nitrogens with one attached hydrogen (secondary N) is 1. The van der Waals surface area contributed by atoms with E-state index in [4.69, 9.17) is 5.11 Å². The first-order chi connectivity index (χ1) is 8.58. The lowest BCUT2D eigenvalue weighted by Crippen LogP contribution is -2.11. The molecule has 1 amide bonds. The lowest BCUT2D eigenvalue weighted by atomic mass is 10.2. The predicted molar refractivity (Wildman–Crippen MR) is 73.4 cm³/mol. The molecule has 2 N–H and O–H groups in total. The Kier molecular flexibility index (Phi) is 3.78. The highest BCUT2D eigenvalue weighted by molar-refractivity contribution is 9.10. The topological polar surface area (TPSA) is 66.4 Å². The summed E-state index contributed by atoms with van der Waals surface area (Å²) in [6.07, 6.45) is 0. The number of carbonyl (C=O) groups excluding carboxylic acids is 1. The maximum absolute atomic E-state index is 11.8. The average molecular weight is 326 g/mol. The number of benzene rings is 1. The highest BCUT2D eigenvalue weighted by Crippen LogP contribution is 2.21. The van der Waals surface area contributed by atoms with E-state index in [0.717, 1.165) is 0 Å². The monoisotopic (exact) mass is 325 g/mol. The van der Waals surface area contributed by atoms with Gasteiger partial charge in [0.2, 0.25) is 0 Å². The second kappa shape index (κ2) is 5.32. The van der Waals surface area contributed by atoms with Crippen LogP contribution < -0.4 is 5.32 Å². The molecular formula is C12H8BrNO3S. The fraction of sp³-hybridized carbons (Fsp3) is 0. The maximum Gasteiger partial charge on any atom is 0.336 e. The zero-order valence-corrected chi connectivity index (χ0v) is 11.4. The van der Waals surface area contributed by atoms with Crippen molar-refractivity contribution in [2.24, 2.45) is 0 Å². The normalized spacial score (nSPS) is 10.1. The minimum atomic E-state index is -1.05. The maximum atomic E-state index is 11.8. The van der Waals surface area contributed by atoms with Crippen LogP contribution in [0.5, 0.6) is 0 Å². The Bertz CT molecular complexity index is 595. The molecule has 1 aromatic carbocycles. The number of rotatable bonds is 3. The molecule has 2 aromatic rings. The van der Waals surface area contributed by atoms with E-state index in [1.807, 2.05) is 0 Å². The minimum absolute atomic E-state index is 0.109. The predicted octanol–water partition coefficient (Wildman–Crippen LogP) is 3.46. The van der Waals surface area contributed by atoms with Crippen molar-refractivity contribution >= 4 is 44.8 Å². The van der Waals surface area contributed by atoms with Gasteiger partial charge in [-0.3, -0.25) is 4.79 Å². The highest BCUT2D eigenvalue weighted by Gasteiger charge is 2.11. The van der Waals surface area contributed by atoms with Crippen LogP contribution in [0.2, 0.25) is 0 Å². The molecule has 0 aliphatic carbocycles. The van der Waals surface area contributed by atoms with Gasteiger partial charge in [0.05, 0.1) is 11.1 Å². The van der Waals surface area contributed by atoms with Crippen LogP contribution in [0.4, 0.5) is 5.69 Å². The van der Waals surface area contributed by atoms with Gasteiger partial charge < -0.3 is 10.4 Å². The molecule has 0 saturated heterocycles. The molecule has 0 unspecified atom stereocenters. The van der Waals surface area contributed by atoms with Crippen molar-refractivity contribution < 1.29 is 14.7 Å². The number of anilines is 1. The van der Waals surface area contributed by atoms with E-state index in [2.05, 4.69) is 21.2 Å². The van der Waals surface area contributed by atoms with Crippen molar-refractivity contribution in [1.29, 1.82) is 0 Å². The zero-order chi connectivity index (χ0) is 13.1. The number of carbonyl (C=O) groups is 2. The number of carboxylic acids is 1. The van der Waals surface area contributed by atoms with Gasteiger partial charge in [-0.05, 0) is 45.6 Å². The van der Waals surface area contributed by atoms with Gasteiger partial charge in [0.25, 0.3) is 5.91 Å². The van der Waals surface area contributed by atoms with Crippen LogP contribution in [0.25, 0.3) is 0 Å². The Hall–Kier alpha value is -1.66. The highest BCUT2D eigenvalue weighted by atomic mass is 79.9. The lowest BCUT2D eigenvalue weighted by molar-refractivity contribution is 0.0695. The van der Waals surface area contributed by atoms with Gasteiger partial charge in [0, 0.05) is 15.5 Å². The third-order valence-electron chi connectivity index (χ3n) is 2.24. The van der Waals surface area contributed by atoms with E-state index in [9.17, 15) is 9.59 Å². The number of carboxylic acid groups (broad SMARTS) is 1.